The quantitative estimate of drug-likeness (QED) is 0.663. The summed E-state index contributed by atoms with van der Waals surface area (Å²) >= 11 is 0. The molecule has 0 saturated carbocycles. The Morgan fingerprint density at radius 1 is 0.706 bits per heavy atom. The molecule has 8 nitrogen and oxygen atoms in total. The van der Waals surface area contributed by atoms with Crippen molar-refractivity contribution in [3.8, 4) is 28.7 Å². The van der Waals surface area contributed by atoms with E-state index in [1.54, 1.807) is 28.4 Å². The van der Waals surface area contributed by atoms with Gasteiger partial charge in [-0.15, -0.1) is 0 Å². The highest BCUT2D eigenvalue weighted by atomic mass is 16.5. The van der Waals surface area contributed by atoms with Crippen LogP contribution >= 0.6 is 0 Å². The smallest absolute Gasteiger partial charge is 0.225 e. The molecule has 0 spiro atoms. The summed E-state index contributed by atoms with van der Waals surface area (Å²) in [5.41, 5.74) is 3.05. The van der Waals surface area contributed by atoms with Crippen LogP contribution in [0.25, 0.3) is 0 Å². The van der Waals surface area contributed by atoms with Gasteiger partial charge in [0.25, 0.3) is 0 Å². The molecule has 2 aromatic rings. The van der Waals surface area contributed by atoms with Crippen molar-refractivity contribution in [2.75, 3.05) is 35.5 Å². The van der Waals surface area contributed by atoms with Crippen molar-refractivity contribution in [2.24, 2.45) is 0 Å². The van der Waals surface area contributed by atoms with Gasteiger partial charge in [-0.2, -0.15) is 0 Å². The summed E-state index contributed by atoms with van der Waals surface area (Å²) in [6.07, 6.45) is 1.05. The van der Waals surface area contributed by atoms with Crippen LogP contribution < -0.4 is 29.0 Å². The van der Waals surface area contributed by atoms with Crippen molar-refractivity contribution < 1.29 is 33.3 Å². The fourth-order valence-electron chi connectivity index (χ4n) is 4.89. The SMILES string of the molecule is COc1ccc([C@@H]2CC(=O)C3=C(C2)NC(=O)C[C@@H]3c2cc(OC)c(OC)c(OC)c2)cc1OC. The summed E-state index contributed by atoms with van der Waals surface area (Å²) in [5.74, 6) is 2.08. The molecular formula is C26H29NO7. The minimum Gasteiger partial charge on any atom is -0.493 e. The molecule has 0 saturated heterocycles. The van der Waals surface area contributed by atoms with Gasteiger partial charge in [-0.3, -0.25) is 9.59 Å². The first-order valence-electron chi connectivity index (χ1n) is 11.0. The Bertz CT molecular complexity index is 1130. The van der Waals surface area contributed by atoms with Crippen molar-refractivity contribution in [3.05, 3.63) is 52.7 Å². The fourth-order valence-corrected chi connectivity index (χ4v) is 4.89. The van der Waals surface area contributed by atoms with Gasteiger partial charge in [-0.25, -0.2) is 0 Å². The largest absolute Gasteiger partial charge is 0.493 e. The number of allylic oxidation sites excluding steroid dienone is 2. The van der Waals surface area contributed by atoms with E-state index >= 15 is 0 Å². The molecule has 34 heavy (non-hydrogen) atoms. The van der Waals surface area contributed by atoms with Crippen LogP contribution in [-0.4, -0.2) is 47.2 Å². The summed E-state index contributed by atoms with van der Waals surface area (Å²) < 4.78 is 27.2. The molecule has 0 unspecified atom stereocenters. The van der Waals surface area contributed by atoms with Crippen molar-refractivity contribution in [2.45, 2.75) is 31.1 Å². The van der Waals surface area contributed by atoms with Crippen LogP contribution in [0.5, 0.6) is 28.7 Å². The number of hydrogen-bond donors (Lipinski definition) is 1. The lowest BCUT2D eigenvalue weighted by Crippen LogP contribution is -2.38. The van der Waals surface area contributed by atoms with Gasteiger partial charge in [0.15, 0.2) is 28.8 Å². The number of amides is 1. The standard InChI is InChI=1S/C26H29NO7/c1-30-20-7-6-14(10-21(20)31-2)15-8-18-25(19(28)9-15)17(13-24(29)27-18)16-11-22(32-3)26(34-5)23(12-16)33-4/h6-7,10-12,15,17H,8-9,13H2,1-5H3,(H,27,29)/t15-,17+/m0/s1. The molecule has 2 aromatic carbocycles. The van der Waals surface area contributed by atoms with Crippen LogP contribution in [0.1, 0.15) is 42.2 Å². The van der Waals surface area contributed by atoms with Crippen molar-refractivity contribution in [3.63, 3.8) is 0 Å². The molecule has 1 amide bonds. The van der Waals surface area contributed by atoms with Crippen LogP contribution in [0.15, 0.2) is 41.6 Å². The second-order valence-electron chi connectivity index (χ2n) is 8.30. The van der Waals surface area contributed by atoms with Gasteiger partial charge in [-0.1, -0.05) is 6.07 Å². The molecular weight excluding hydrogens is 438 g/mol. The van der Waals surface area contributed by atoms with Crippen LogP contribution in [0.3, 0.4) is 0 Å². The zero-order valence-electron chi connectivity index (χ0n) is 20.0. The number of ether oxygens (including phenoxy) is 5. The van der Waals surface area contributed by atoms with Gasteiger partial charge >= 0.3 is 0 Å². The monoisotopic (exact) mass is 467 g/mol. The Kier molecular flexibility index (Phi) is 6.68. The van der Waals surface area contributed by atoms with Gasteiger partial charge in [0.2, 0.25) is 11.7 Å². The summed E-state index contributed by atoms with van der Waals surface area (Å²) in [5, 5.41) is 2.96. The number of methoxy groups -OCH3 is 5. The third-order valence-corrected chi connectivity index (χ3v) is 6.50. The number of rotatable bonds is 7. The predicted molar refractivity (Wildman–Crippen MR) is 125 cm³/mol. The molecule has 0 fully saturated rings. The highest BCUT2D eigenvalue weighted by molar-refractivity contribution is 6.02. The van der Waals surface area contributed by atoms with E-state index < -0.39 is 5.92 Å². The molecule has 0 bridgehead atoms. The first kappa shape index (κ1) is 23.5. The minimum absolute atomic E-state index is 0.0137. The number of nitrogens with one attached hydrogen (secondary N) is 1. The van der Waals surface area contributed by atoms with E-state index in [1.165, 1.54) is 7.11 Å². The van der Waals surface area contributed by atoms with Crippen LogP contribution in [0.4, 0.5) is 0 Å². The highest BCUT2D eigenvalue weighted by Crippen LogP contribution is 2.47. The molecule has 0 radical (unpaired) electrons. The number of carbonyl (C=O) groups is 2. The molecule has 1 aliphatic carbocycles. The van der Waals surface area contributed by atoms with Gasteiger partial charge in [0, 0.05) is 30.0 Å². The van der Waals surface area contributed by atoms with E-state index in [-0.39, 0.29) is 24.0 Å². The zero-order valence-corrected chi connectivity index (χ0v) is 20.0. The van der Waals surface area contributed by atoms with Crippen molar-refractivity contribution >= 4 is 11.7 Å². The minimum atomic E-state index is -0.392. The number of Topliss-reactive ketones (excluding diaryl/α,β-unsaturated/α-hetero) is 1. The first-order valence-corrected chi connectivity index (χ1v) is 11.0. The molecule has 0 aromatic heterocycles. The molecule has 1 N–H and O–H groups in total. The van der Waals surface area contributed by atoms with Crippen LogP contribution in [0, 0.1) is 0 Å². The second kappa shape index (κ2) is 9.67. The molecule has 1 aliphatic heterocycles. The van der Waals surface area contributed by atoms with E-state index in [9.17, 15) is 9.59 Å². The van der Waals surface area contributed by atoms with E-state index in [1.807, 2.05) is 30.3 Å². The Morgan fingerprint density at radius 2 is 1.32 bits per heavy atom. The van der Waals surface area contributed by atoms with E-state index in [4.69, 9.17) is 23.7 Å². The average Bonchev–Trinajstić information content (AvgIpc) is 2.86. The molecule has 8 heteroatoms. The predicted octanol–water partition coefficient (Wildman–Crippen LogP) is 3.73. The van der Waals surface area contributed by atoms with Gasteiger partial charge in [0.05, 0.1) is 35.5 Å². The van der Waals surface area contributed by atoms with Crippen molar-refractivity contribution in [1.29, 1.82) is 0 Å². The number of ketones is 1. The van der Waals surface area contributed by atoms with E-state index in [0.717, 1.165) is 11.1 Å². The lowest BCUT2D eigenvalue weighted by Gasteiger charge is -2.35. The van der Waals surface area contributed by atoms with E-state index in [2.05, 4.69) is 5.32 Å². The first-order chi connectivity index (χ1) is 16.4. The fraction of sp³-hybridized carbons (Fsp3) is 0.385. The average molecular weight is 468 g/mol. The summed E-state index contributed by atoms with van der Waals surface area (Å²) in [4.78, 5) is 26.1. The van der Waals surface area contributed by atoms with Crippen LogP contribution in [-0.2, 0) is 9.59 Å². The number of carbonyl (C=O) groups excluding carboxylic acids is 2. The Morgan fingerprint density at radius 3 is 1.91 bits per heavy atom. The second-order valence-corrected chi connectivity index (χ2v) is 8.30. The number of benzene rings is 2. The summed E-state index contributed by atoms with van der Waals surface area (Å²) in [6, 6.07) is 9.28. The lowest BCUT2D eigenvalue weighted by atomic mass is 9.73. The maximum absolute atomic E-state index is 13.5. The van der Waals surface area contributed by atoms with E-state index in [0.29, 0.717) is 52.9 Å². The molecule has 2 atom stereocenters. The third-order valence-electron chi connectivity index (χ3n) is 6.50. The Hall–Kier alpha value is -3.68. The molecule has 4 rings (SSSR count). The lowest BCUT2D eigenvalue weighted by molar-refractivity contribution is -0.122. The normalized spacial score (nSPS) is 19.8. The third kappa shape index (κ3) is 4.16. The maximum Gasteiger partial charge on any atom is 0.225 e. The van der Waals surface area contributed by atoms with Crippen molar-refractivity contribution in [1.82, 2.24) is 5.32 Å². The number of hydrogen-bond acceptors (Lipinski definition) is 7. The van der Waals surface area contributed by atoms with Gasteiger partial charge in [-0.05, 0) is 47.7 Å². The zero-order chi connectivity index (χ0) is 24.4. The summed E-state index contributed by atoms with van der Waals surface area (Å²) in [7, 11) is 7.78. The molecule has 2 aliphatic rings. The molecule has 1 heterocycles. The highest BCUT2D eigenvalue weighted by Gasteiger charge is 2.39. The van der Waals surface area contributed by atoms with Gasteiger partial charge in [0.1, 0.15) is 0 Å². The Labute approximate surface area is 198 Å². The molecule has 180 valence electrons. The van der Waals surface area contributed by atoms with Crippen LogP contribution in [0.2, 0.25) is 0 Å². The topological polar surface area (TPSA) is 92.3 Å². The Balaban J connectivity index is 1.73. The maximum atomic E-state index is 13.5. The van der Waals surface area contributed by atoms with Gasteiger partial charge < -0.3 is 29.0 Å². The summed E-state index contributed by atoms with van der Waals surface area (Å²) in [6.45, 7) is 0.